The molecule has 1 aliphatic carbocycles. The van der Waals surface area contributed by atoms with Crippen molar-refractivity contribution >= 4 is 26.7 Å². The number of aryl methyl sites for hydroxylation is 1. The fourth-order valence-electron chi connectivity index (χ4n) is 4.14. The summed E-state index contributed by atoms with van der Waals surface area (Å²) in [5, 5.41) is 1.23. The zero-order valence-corrected chi connectivity index (χ0v) is 14.9. The molecule has 0 spiro atoms. The van der Waals surface area contributed by atoms with Crippen molar-refractivity contribution in [2.24, 2.45) is 0 Å². The molecule has 1 aromatic heterocycles. The molecule has 0 amide bonds. The van der Waals surface area contributed by atoms with E-state index in [1.807, 2.05) is 11.3 Å². The second-order valence-electron chi connectivity index (χ2n) is 6.93. The van der Waals surface area contributed by atoms with Crippen LogP contribution in [0.4, 0.5) is 5.13 Å². The van der Waals surface area contributed by atoms with E-state index in [2.05, 4.69) is 34.9 Å². The Morgan fingerprint density at radius 2 is 1.87 bits per heavy atom. The predicted octanol–water partition coefficient (Wildman–Crippen LogP) is 4.31. The fraction of sp³-hybridized carbons (Fsp3) is 0.632. The Bertz CT molecular complexity index is 652. The number of para-hydroxylation sites is 1. The summed E-state index contributed by atoms with van der Waals surface area (Å²) in [4.78, 5) is 10.2. The Labute approximate surface area is 143 Å². The topological polar surface area (TPSA) is 19.4 Å². The molecule has 0 atom stereocenters. The van der Waals surface area contributed by atoms with Crippen LogP contribution in [-0.2, 0) is 6.42 Å². The third-order valence-corrected chi connectivity index (χ3v) is 6.63. The summed E-state index contributed by atoms with van der Waals surface area (Å²) in [6.07, 6.45) is 8.21. The minimum Gasteiger partial charge on any atom is -0.345 e. The lowest BCUT2D eigenvalue weighted by Gasteiger charge is -2.40. The van der Waals surface area contributed by atoms with E-state index in [-0.39, 0.29) is 0 Å². The van der Waals surface area contributed by atoms with Crippen LogP contribution >= 0.6 is 11.3 Å². The molecule has 1 aromatic carbocycles. The summed E-state index contributed by atoms with van der Waals surface area (Å²) in [6, 6.07) is 7.46. The number of benzene rings is 1. The summed E-state index contributed by atoms with van der Waals surface area (Å²) in [6.45, 7) is 6.91. The van der Waals surface area contributed by atoms with Gasteiger partial charge in [-0.1, -0.05) is 49.7 Å². The number of aromatic nitrogens is 1. The first-order valence-electron chi connectivity index (χ1n) is 9.22. The first kappa shape index (κ1) is 15.4. The monoisotopic (exact) mass is 329 g/mol. The molecular formula is C19H27N3S. The molecule has 1 aliphatic heterocycles. The van der Waals surface area contributed by atoms with E-state index in [1.165, 1.54) is 66.1 Å². The lowest BCUT2D eigenvalue weighted by Crippen LogP contribution is -2.50. The number of piperazine rings is 1. The van der Waals surface area contributed by atoms with Gasteiger partial charge in [0.2, 0.25) is 0 Å². The Balaban J connectivity index is 1.45. The molecule has 23 heavy (non-hydrogen) atoms. The molecule has 1 saturated carbocycles. The average Bonchev–Trinajstić information content (AvgIpc) is 3.07. The Hall–Kier alpha value is -1.13. The van der Waals surface area contributed by atoms with Crippen molar-refractivity contribution in [2.45, 2.75) is 51.5 Å². The van der Waals surface area contributed by atoms with E-state index < -0.39 is 0 Å². The van der Waals surface area contributed by atoms with Crippen LogP contribution in [0.1, 0.15) is 44.6 Å². The maximum Gasteiger partial charge on any atom is 0.186 e. The van der Waals surface area contributed by atoms with E-state index in [4.69, 9.17) is 4.98 Å². The summed E-state index contributed by atoms with van der Waals surface area (Å²) >= 11 is 1.87. The molecule has 1 saturated heterocycles. The number of nitrogens with zero attached hydrogens (tertiary/aromatic N) is 3. The number of fused-ring (bicyclic) bond motifs is 1. The van der Waals surface area contributed by atoms with Gasteiger partial charge in [-0.25, -0.2) is 4.98 Å². The highest BCUT2D eigenvalue weighted by Gasteiger charge is 2.26. The van der Waals surface area contributed by atoms with Crippen LogP contribution in [0, 0.1) is 0 Å². The molecule has 2 heterocycles. The van der Waals surface area contributed by atoms with Crippen LogP contribution in [0.2, 0.25) is 0 Å². The Morgan fingerprint density at radius 3 is 2.61 bits per heavy atom. The van der Waals surface area contributed by atoms with E-state index in [1.54, 1.807) is 0 Å². The molecule has 0 unspecified atom stereocenters. The van der Waals surface area contributed by atoms with Gasteiger partial charge >= 0.3 is 0 Å². The maximum absolute atomic E-state index is 4.97. The lowest BCUT2D eigenvalue weighted by atomic mass is 9.94. The van der Waals surface area contributed by atoms with Gasteiger partial charge in [0.1, 0.15) is 0 Å². The standard InChI is InChI=1S/C19H27N3S/c1-2-15-7-6-10-17-18(15)20-19(23-17)22-13-11-21(12-14-22)16-8-4-3-5-9-16/h6-7,10,16H,2-5,8-9,11-14H2,1H3. The molecule has 2 aromatic rings. The molecule has 0 bridgehead atoms. The number of thiazole rings is 1. The van der Waals surface area contributed by atoms with Gasteiger partial charge < -0.3 is 4.90 Å². The van der Waals surface area contributed by atoms with Gasteiger partial charge in [0.15, 0.2) is 5.13 Å². The fourth-order valence-corrected chi connectivity index (χ4v) is 5.20. The number of rotatable bonds is 3. The summed E-state index contributed by atoms with van der Waals surface area (Å²) in [5.41, 5.74) is 2.61. The SMILES string of the molecule is CCc1cccc2sc(N3CCN(C4CCCCC4)CC3)nc12. The van der Waals surface area contributed by atoms with Crippen molar-refractivity contribution in [2.75, 3.05) is 31.1 Å². The maximum atomic E-state index is 4.97. The molecular weight excluding hydrogens is 302 g/mol. The van der Waals surface area contributed by atoms with Crippen LogP contribution in [-0.4, -0.2) is 42.1 Å². The van der Waals surface area contributed by atoms with Gasteiger partial charge in [-0.3, -0.25) is 4.90 Å². The minimum atomic E-state index is 0.855. The van der Waals surface area contributed by atoms with Crippen LogP contribution in [0.15, 0.2) is 18.2 Å². The highest BCUT2D eigenvalue weighted by atomic mass is 32.1. The summed E-state index contributed by atoms with van der Waals surface area (Å²) in [5.74, 6) is 0. The van der Waals surface area contributed by atoms with Gasteiger partial charge in [-0.05, 0) is 30.9 Å². The van der Waals surface area contributed by atoms with Crippen molar-refractivity contribution in [1.29, 1.82) is 0 Å². The summed E-state index contributed by atoms with van der Waals surface area (Å²) in [7, 11) is 0. The second-order valence-corrected chi connectivity index (χ2v) is 7.94. The third kappa shape index (κ3) is 3.11. The smallest absolute Gasteiger partial charge is 0.186 e. The van der Waals surface area contributed by atoms with Crippen molar-refractivity contribution in [3.8, 4) is 0 Å². The molecule has 0 N–H and O–H groups in total. The lowest BCUT2D eigenvalue weighted by molar-refractivity contribution is 0.148. The van der Waals surface area contributed by atoms with E-state index >= 15 is 0 Å². The van der Waals surface area contributed by atoms with Crippen LogP contribution in [0.5, 0.6) is 0 Å². The van der Waals surface area contributed by atoms with Gasteiger partial charge in [-0.15, -0.1) is 0 Å². The van der Waals surface area contributed by atoms with E-state index in [9.17, 15) is 0 Å². The second kappa shape index (κ2) is 6.78. The average molecular weight is 330 g/mol. The van der Waals surface area contributed by atoms with Crippen LogP contribution in [0.25, 0.3) is 10.2 Å². The van der Waals surface area contributed by atoms with Gasteiger partial charge in [-0.2, -0.15) is 0 Å². The van der Waals surface area contributed by atoms with E-state index in [0.717, 1.165) is 25.6 Å². The first-order valence-corrected chi connectivity index (χ1v) is 10.0. The number of hydrogen-bond donors (Lipinski definition) is 0. The number of hydrogen-bond acceptors (Lipinski definition) is 4. The van der Waals surface area contributed by atoms with Gasteiger partial charge in [0, 0.05) is 32.2 Å². The van der Waals surface area contributed by atoms with Crippen molar-refractivity contribution < 1.29 is 0 Å². The van der Waals surface area contributed by atoms with Crippen molar-refractivity contribution in [3.63, 3.8) is 0 Å². The minimum absolute atomic E-state index is 0.855. The van der Waals surface area contributed by atoms with Crippen LogP contribution in [0.3, 0.4) is 0 Å². The highest BCUT2D eigenvalue weighted by molar-refractivity contribution is 7.22. The third-order valence-electron chi connectivity index (χ3n) is 5.55. The van der Waals surface area contributed by atoms with Crippen molar-refractivity contribution in [1.82, 2.24) is 9.88 Å². The molecule has 4 rings (SSSR count). The normalized spacial score (nSPS) is 21.2. The molecule has 4 heteroatoms. The molecule has 124 valence electrons. The number of anilines is 1. The molecule has 2 fully saturated rings. The highest BCUT2D eigenvalue weighted by Crippen LogP contribution is 2.32. The van der Waals surface area contributed by atoms with Crippen molar-refractivity contribution in [3.05, 3.63) is 23.8 Å². The van der Waals surface area contributed by atoms with E-state index in [0.29, 0.717) is 0 Å². The molecule has 3 nitrogen and oxygen atoms in total. The predicted molar refractivity (Wildman–Crippen MR) is 99.7 cm³/mol. The molecule has 0 radical (unpaired) electrons. The quantitative estimate of drug-likeness (QED) is 0.836. The zero-order chi connectivity index (χ0) is 15.6. The first-order chi connectivity index (χ1) is 11.3. The largest absolute Gasteiger partial charge is 0.345 e. The van der Waals surface area contributed by atoms with Gasteiger partial charge in [0.05, 0.1) is 10.2 Å². The Morgan fingerprint density at radius 1 is 1.09 bits per heavy atom. The zero-order valence-electron chi connectivity index (χ0n) is 14.1. The molecule has 2 aliphatic rings. The van der Waals surface area contributed by atoms with Gasteiger partial charge in [0.25, 0.3) is 0 Å². The summed E-state index contributed by atoms with van der Waals surface area (Å²) < 4.78 is 1.34. The Kier molecular flexibility index (Phi) is 4.54. The van der Waals surface area contributed by atoms with Crippen LogP contribution < -0.4 is 4.90 Å².